The highest BCUT2D eigenvalue weighted by Crippen LogP contribution is 2.48. The number of methoxy groups -OCH3 is 1. The van der Waals surface area contributed by atoms with E-state index in [1.807, 2.05) is 41.8 Å². The van der Waals surface area contributed by atoms with Crippen molar-refractivity contribution >= 4 is 22.9 Å². The molecule has 2 aromatic heterocycles. The van der Waals surface area contributed by atoms with Gasteiger partial charge in [-0.2, -0.15) is 0 Å². The molecule has 3 N–H and O–H groups in total. The number of aromatic amines is 1. The molecule has 2 aliphatic rings. The maximum atomic E-state index is 13.7. The molecule has 0 bridgehead atoms. The second kappa shape index (κ2) is 8.32. The molecule has 8 heteroatoms. The van der Waals surface area contributed by atoms with E-state index >= 15 is 0 Å². The molecule has 2 atom stereocenters. The number of aromatic nitrogens is 2. The number of carbonyl (C=O) groups excluding carboxylic acids is 1. The Morgan fingerprint density at radius 1 is 1.06 bits per heavy atom. The molecule has 0 spiro atoms. The molecule has 1 aliphatic heterocycles. The number of carbonyl (C=O) groups is 1. The van der Waals surface area contributed by atoms with Crippen LogP contribution in [-0.2, 0) is 4.79 Å². The van der Waals surface area contributed by atoms with Crippen molar-refractivity contribution in [3.63, 3.8) is 0 Å². The van der Waals surface area contributed by atoms with Crippen LogP contribution in [-0.4, -0.2) is 27.8 Å². The number of ketones is 1. The number of nitrogens with one attached hydrogen (secondary N) is 2. The van der Waals surface area contributed by atoms with Gasteiger partial charge in [0.2, 0.25) is 0 Å². The molecule has 4 aromatic rings. The van der Waals surface area contributed by atoms with Crippen LogP contribution in [0.5, 0.6) is 11.5 Å². The molecular weight excluding hydrogens is 462 g/mol. The van der Waals surface area contributed by atoms with E-state index in [2.05, 4.69) is 16.5 Å². The lowest BCUT2D eigenvalue weighted by molar-refractivity contribution is -0.116. The summed E-state index contributed by atoms with van der Waals surface area (Å²) in [7, 11) is 1.48. The molecule has 0 fully saturated rings. The fourth-order valence-electron chi connectivity index (χ4n) is 5.18. The molecule has 6 rings (SSSR count). The number of fused-ring (bicyclic) bond motifs is 1. The lowest BCUT2D eigenvalue weighted by Crippen LogP contribution is -2.31. The SMILES string of the molecule is COc1cc([C@H]2C3=C(C[C@H](c4cccs4)CC3=O)Nc3[nH]n(-c4ccccc4)c(=O)c32)ccc1O. The smallest absolute Gasteiger partial charge is 0.277 e. The van der Waals surface area contributed by atoms with Gasteiger partial charge in [0.05, 0.1) is 18.4 Å². The van der Waals surface area contributed by atoms with Crippen molar-refractivity contribution in [3.8, 4) is 17.2 Å². The lowest BCUT2D eigenvalue weighted by Gasteiger charge is -2.34. The largest absolute Gasteiger partial charge is 0.504 e. The predicted molar refractivity (Wildman–Crippen MR) is 135 cm³/mol. The minimum atomic E-state index is -0.582. The van der Waals surface area contributed by atoms with Gasteiger partial charge in [-0.1, -0.05) is 30.3 Å². The van der Waals surface area contributed by atoms with Gasteiger partial charge in [0.25, 0.3) is 5.56 Å². The van der Waals surface area contributed by atoms with Crippen LogP contribution >= 0.6 is 11.3 Å². The van der Waals surface area contributed by atoms with Crippen LogP contribution in [0.2, 0.25) is 0 Å². The average Bonchev–Trinajstić information content (AvgIpc) is 3.52. The van der Waals surface area contributed by atoms with Crippen LogP contribution in [0, 0.1) is 0 Å². The molecule has 0 unspecified atom stereocenters. The van der Waals surface area contributed by atoms with Gasteiger partial charge in [0.15, 0.2) is 17.3 Å². The van der Waals surface area contributed by atoms with E-state index in [1.165, 1.54) is 16.7 Å². The second-order valence-electron chi connectivity index (χ2n) is 8.80. The van der Waals surface area contributed by atoms with Gasteiger partial charge in [0, 0.05) is 34.4 Å². The number of thiophene rings is 1. The molecular formula is C27H23N3O4S. The van der Waals surface area contributed by atoms with E-state index < -0.39 is 5.92 Å². The first-order chi connectivity index (χ1) is 17.0. The zero-order chi connectivity index (χ0) is 24.1. The van der Waals surface area contributed by atoms with Crippen molar-refractivity contribution in [2.24, 2.45) is 0 Å². The van der Waals surface area contributed by atoms with Crippen molar-refractivity contribution < 1.29 is 14.6 Å². The lowest BCUT2D eigenvalue weighted by atomic mass is 9.74. The minimum absolute atomic E-state index is 0.00288. The summed E-state index contributed by atoms with van der Waals surface area (Å²) in [4.78, 5) is 28.6. The number of aromatic hydroxyl groups is 1. The summed E-state index contributed by atoms with van der Waals surface area (Å²) in [6.07, 6.45) is 1.06. The molecule has 0 saturated carbocycles. The van der Waals surface area contributed by atoms with Gasteiger partial charge in [-0.3, -0.25) is 14.7 Å². The molecule has 0 amide bonds. The molecule has 1 aliphatic carbocycles. The van der Waals surface area contributed by atoms with Crippen molar-refractivity contribution in [2.75, 3.05) is 12.4 Å². The van der Waals surface area contributed by atoms with Crippen LogP contribution in [0.4, 0.5) is 5.82 Å². The Hall–Kier alpha value is -4.04. The Morgan fingerprint density at radius 3 is 2.63 bits per heavy atom. The number of rotatable bonds is 4. The third-order valence-electron chi connectivity index (χ3n) is 6.78. The highest BCUT2D eigenvalue weighted by atomic mass is 32.1. The monoisotopic (exact) mass is 485 g/mol. The summed E-state index contributed by atoms with van der Waals surface area (Å²) < 4.78 is 6.84. The zero-order valence-electron chi connectivity index (χ0n) is 18.9. The first kappa shape index (κ1) is 21.5. The van der Waals surface area contributed by atoms with E-state index in [0.717, 1.165) is 5.70 Å². The Kier molecular flexibility index (Phi) is 5.11. The van der Waals surface area contributed by atoms with E-state index in [1.54, 1.807) is 29.5 Å². The number of Topliss-reactive ketones (excluding diaryl/α,β-unsaturated/α-hetero) is 1. The van der Waals surface area contributed by atoms with Gasteiger partial charge in [-0.05, 0) is 47.7 Å². The van der Waals surface area contributed by atoms with Crippen LogP contribution in [0.1, 0.15) is 40.7 Å². The standard InChI is InChI=1S/C27H23N3O4S/c1-34-21-14-15(9-10-19(21)31)23-24-18(12-16(13-20(24)32)22-8-5-11-35-22)28-26-25(23)27(33)30(29-26)17-6-3-2-4-7-17/h2-11,14,16,23,28-29,31H,12-13H2,1H3/t16-,23-/m0/s1. The van der Waals surface area contributed by atoms with Crippen molar-refractivity contribution in [3.05, 3.63) is 104 Å². The number of hydrogen-bond acceptors (Lipinski definition) is 6. The number of phenols is 1. The van der Waals surface area contributed by atoms with Gasteiger partial charge < -0.3 is 15.2 Å². The van der Waals surface area contributed by atoms with Crippen LogP contribution in [0.3, 0.4) is 0 Å². The Labute approximate surface area is 205 Å². The first-order valence-corrected chi connectivity index (χ1v) is 12.3. The maximum absolute atomic E-state index is 13.7. The van der Waals surface area contributed by atoms with Crippen LogP contribution in [0.15, 0.2) is 82.1 Å². The number of ether oxygens (including phenoxy) is 1. The molecule has 3 heterocycles. The van der Waals surface area contributed by atoms with Crippen molar-refractivity contribution in [2.45, 2.75) is 24.7 Å². The van der Waals surface area contributed by atoms with E-state index in [-0.39, 0.29) is 23.0 Å². The molecule has 176 valence electrons. The third-order valence-corrected chi connectivity index (χ3v) is 7.82. The number of nitrogens with zero attached hydrogens (tertiary/aromatic N) is 1. The predicted octanol–water partition coefficient (Wildman–Crippen LogP) is 4.90. The van der Waals surface area contributed by atoms with Gasteiger partial charge in [-0.15, -0.1) is 11.3 Å². The second-order valence-corrected chi connectivity index (χ2v) is 9.78. The Bertz CT molecular complexity index is 1520. The first-order valence-electron chi connectivity index (χ1n) is 11.4. The molecule has 0 saturated heterocycles. The molecule has 0 radical (unpaired) electrons. The number of phenolic OH excluding ortho intramolecular Hbond substituents is 1. The highest BCUT2D eigenvalue weighted by molar-refractivity contribution is 7.10. The van der Waals surface area contributed by atoms with Crippen molar-refractivity contribution in [1.29, 1.82) is 0 Å². The normalized spacial score (nSPS) is 19.2. The number of allylic oxidation sites excluding steroid dienone is 2. The quantitative estimate of drug-likeness (QED) is 0.382. The molecule has 2 aromatic carbocycles. The fraction of sp³-hybridized carbons (Fsp3) is 0.185. The summed E-state index contributed by atoms with van der Waals surface area (Å²) in [6, 6.07) is 18.4. The van der Waals surface area contributed by atoms with Crippen LogP contribution < -0.4 is 15.6 Å². The number of H-pyrrole nitrogens is 1. The highest BCUT2D eigenvalue weighted by Gasteiger charge is 2.41. The van der Waals surface area contributed by atoms with E-state index in [4.69, 9.17) is 4.74 Å². The zero-order valence-corrected chi connectivity index (χ0v) is 19.8. The van der Waals surface area contributed by atoms with Gasteiger partial charge in [-0.25, -0.2) is 4.68 Å². The van der Waals surface area contributed by atoms with Gasteiger partial charge in [0.1, 0.15) is 5.82 Å². The maximum Gasteiger partial charge on any atom is 0.277 e. The van der Waals surface area contributed by atoms with E-state index in [9.17, 15) is 14.7 Å². The van der Waals surface area contributed by atoms with Gasteiger partial charge >= 0.3 is 0 Å². The number of para-hydroxylation sites is 1. The van der Waals surface area contributed by atoms with Crippen LogP contribution in [0.25, 0.3) is 5.69 Å². The fourth-order valence-corrected chi connectivity index (χ4v) is 6.01. The summed E-state index contributed by atoms with van der Waals surface area (Å²) in [5.74, 6) is 0.405. The number of benzene rings is 2. The van der Waals surface area contributed by atoms with E-state index in [0.29, 0.717) is 46.8 Å². The average molecular weight is 486 g/mol. The Morgan fingerprint density at radius 2 is 1.89 bits per heavy atom. The number of anilines is 1. The minimum Gasteiger partial charge on any atom is -0.504 e. The summed E-state index contributed by atoms with van der Waals surface area (Å²) in [6.45, 7) is 0. The third kappa shape index (κ3) is 3.49. The van der Waals surface area contributed by atoms with Crippen molar-refractivity contribution in [1.82, 2.24) is 9.78 Å². The summed E-state index contributed by atoms with van der Waals surface area (Å²) >= 11 is 1.66. The molecule has 7 nitrogen and oxygen atoms in total. The number of hydrogen-bond donors (Lipinski definition) is 3. The summed E-state index contributed by atoms with van der Waals surface area (Å²) in [5.41, 5.74) is 3.10. The molecule has 35 heavy (non-hydrogen) atoms. The summed E-state index contributed by atoms with van der Waals surface area (Å²) in [5, 5.41) is 18.8. The Balaban J connectivity index is 1.55. The topological polar surface area (TPSA) is 96.4 Å².